The van der Waals surface area contributed by atoms with Gasteiger partial charge in [0.15, 0.2) is 0 Å². The van der Waals surface area contributed by atoms with Gasteiger partial charge in [0.2, 0.25) is 0 Å². The standard InChI is InChI=1S/C13H12ClNO3S/c1-18-12-4-2-3-5-13(12)19(16,17)15-11-8-6-10(14)7-9-11/h2-9,15H,1H3. The quantitative estimate of drug-likeness (QED) is 0.943. The van der Waals surface area contributed by atoms with Crippen LogP contribution in [0.15, 0.2) is 53.4 Å². The van der Waals surface area contributed by atoms with Crippen LogP contribution in [0.4, 0.5) is 5.69 Å². The molecule has 0 aliphatic carbocycles. The van der Waals surface area contributed by atoms with E-state index < -0.39 is 10.0 Å². The van der Waals surface area contributed by atoms with Crippen molar-refractivity contribution in [2.75, 3.05) is 11.8 Å². The van der Waals surface area contributed by atoms with Crippen LogP contribution in [-0.2, 0) is 10.0 Å². The summed E-state index contributed by atoms with van der Waals surface area (Å²) in [6.45, 7) is 0. The summed E-state index contributed by atoms with van der Waals surface area (Å²) in [5.74, 6) is 0.295. The Morgan fingerprint density at radius 2 is 1.68 bits per heavy atom. The first-order chi connectivity index (χ1) is 9.03. The normalized spacial score (nSPS) is 11.1. The van der Waals surface area contributed by atoms with E-state index in [0.717, 1.165) is 0 Å². The molecule has 0 amide bonds. The van der Waals surface area contributed by atoms with Crippen molar-refractivity contribution in [3.63, 3.8) is 0 Å². The Labute approximate surface area is 117 Å². The van der Waals surface area contributed by atoms with E-state index in [1.54, 1.807) is 42.5 Å². The summed E-state index contributed by atoms with van der Waals surface area (Å²) in [5.41, 5.74) is 0.440. The van der Waals surface area contributed by atoms with Crippen LogP contribution in [0.25, 0.3) is 0 Å². The summed E-state index contributed by atoms with van der Waals surface area (Å²) in [4.78, 5) is 0.0902. The van der Waals surface area contributed by atoms with Crippen molar-refractivity contribution in [3.05, 3.63) is 53.6 Å². The van der Waals surface area contributed by atoms with E-state index in [0.29, 0.717) is 16.5 Å². The van der Waals surface area contributed by atoms with E-state index in [-0.39, 0.29) is 4.90 Å². The highest BCUT2D eigenvalue weighted by molar-refractivity contribution is 7.92. The number of ether oxygens (including phenoxy) is 1. The Morgan fingerprint density at radius 1 is 1.05 bits per heavy atom. The molecule has 0 aliphatic heterocycles. The van der Waals surface area contributed by atoms with Crippen molar-refractivity contribution >= 4 is 27.3 Å². The summed E-state index contributed by atoms with van der Waals surface area (Å²) in [6.07, 6.45) is 0. The minimum atomic E-state index is -3.69. The van der Waals surface area contributed by atoms with Crippen LogP contribution in [-0.4, -0.2) is 15.5 Å². The zero-order chi connectivity index (χ0) is 13.9. The Kier molecular flexibility index (Phi) is 3.97. The summed E-state index contributed by atoms with van der Waals surface area (Å²) in [6, 6.07) is 12.8. The Hall–Kier alpha value is -1.72. The van der Waals surface area contributed by atoms with Gasteiger partial charge < -0.3 is 4.74 Å². The molecule has 0 saturated carbocycles. The Balaban J connectivity index is 2.35. The highest BCUT2D eigenvalue weighted by atomic mass is 35.5. The largest absolute Gasteiger partial charge is 0.495 e. The fourth-order valence-electron chi connectivity index (χ4n) is 1.57. The second-order valence-electron chi connectivity index (χ2n) is 3.76. The van der Waals surface area contributed by atoms with Gasteiger partial charge in [0.1, 0.15) is 10.6 Å². The van der Waals surface area contributed by atoms with Crippen LogP contribution in [0.1, 0.15) is 0 Å². The lowest BCUT2D eigenvalue weighted by Gasteiger charge is -2.11. The van der Waals surface area contributed by atoms with Crippen molar-refractivity contribution in [2.45, 2.75) is 4.90 Å². The number of para-hydroxylation sites is 1. The molecule has 0 spiro atoms. The van der Waals surface area contributed by atoms with Gasteiger partial charge in [-0.3, -0.25) is 4.72 Å². The lowest BCUT2D eigenvalue weighted by molar-refractivity contribution is 0.403. The molecule has 0 saturated heterocycles. The minimum Gasteiger partial charge on any atom is -0.495 e. The van der Waals surface area contributed by atoms with Gasteiger partial charge in [0.25, 0.3) is 10.0 Å². The molecule has 4 nitrogen and oxygen atoms in total. The van der Waals surface area contributed by atoms with Gasteiger partial charge in [-0.2, -0.15) is 0 Å². The van der Waals surface area contributed by atoms with Crippen LogP contribution < -0.4 is 9.46 Å². The summed E-state index contributed by atoms with van der Waals surface area (Å²) in [7, 11) is -2.26. The molecule has 1 N–H and O–H groups in total. The number of methoxy groups -OCH3 is 1. The molecule has 19 heavy (non-hydrogen) atoms. The van der Waals surface area contributed by atoms with Crippen LogP contribution in [0.3, 0.4) is 0 Å². The molecular weight excluding hydrogens is 286 g/mol. The molecule has 2 aromatic carbocycles. The zero-order valence-corrected chi connectivity index (χ0v) is 11.7. The van der Waals surface area contributed by atoms with Crippen LogP contribution >= 0.6 is 11.6 Å². The topological polar surface area (TPSA) is 55.4 Å². The SMILES string of the molecule is COc1ccccc1S(=O)(=O)Nc1ccc(Cl)cc1. The van der Waals surface area contributed by atoms with Crippen molar-refractivity contribution in [2.24, 2.45) is 0 Å². The maximum Gasteiger partial charge on any atom is 0.265 e. The maximum absolute atomic E-state index is 12.2. The van der Waals surface area contributed by atoms with E-state index in [4.69, 9.17) is 16.3 Å². The number of hydrogen-bond donors (Lipinski definition) is 1. The van der Waals surface area contributed by atoms with Gasteiger partial charge in [-0.1, -0.05) is 23.7 Å². The second kappa shape index (κ2) is 5.50. The molecule has 6 heteroatoms. The second-order valence-corrected chi connectivity index (χ2v) is 5.85. The van der Waals surface area contributed by atoms with Crippen molar-refractivity contribution in [1.29, 1.82) is 0 Å². The molecule has 2 aromatic rings. The van der Waals surface area contributed by atoms with Gasteiger partial charge in [-0.25, -0.2) is 8.42 Å². The first-order valence-electron chi connectivity index (χ1n) is 5.44. The monoisotopic (exact) mass is 297 g/mol. The molecule has 0 aromatic heterocycles. The Bertz CT molecular complexity index is 669. The highest BCUT2D eigenvalue weighted by Crippen LogP contribution is 2.25. The summed E-state index contributed by atoms with van der Waals surface area (Å²) >= 11 is 5.75. The average Bonchev–Trinajstić information content (AvgIpc) is 2.41. The Morgan fingerprint density at radius 3 is 2.32 bits per heavy atom. The number of halogens is 1. The van der Waals surface area contributed by atoms with E-state index in [1.165, 1.54) is 13.2 Å². The molecule has 2 rings (SSSR count). The predicted octanol–water partition coefficient (Wildman–Crippen LogP) is 3.15. The lowest BCUT2D eigenvalue weighted by atomic mass is 10.3. The van der Waals surface area contributed by atoms with Crippen LogP contribution in [0, 0.1) is 0 Å². The maximum atomic E-state index is 12.2. The molecule has 0 radical (unpaired) electrons. The van der Waals surface area contributed by atoms with Gasteiger partial charge in [-0.15, -0.1) is 0 Å². The lowest BCUT2D eigenvalue weighted by Crippen LogP contribution is -2.13. The third-order valence-corrected chi connectivity index (χ3v) is 4.13. The molecule has 0 atom stereocenters. The number of nitrogens with one attached hydrogen (secondary N) is 1. The predicted molar refractivity (Wildman–Crippen MR) is 75.3 cm³/mol. The van der Waals surface area contributed by atoms with E-state index in [1.807, 2.05) is 0 Å². The molecular formula is C13H12ClNO3S. The molecule has 0 bridgehead atoms. The van der Waals surface area contributed by atoms with E-state index in [9.17, 15) is 8.42 Å². The average molecular weight is 298 g/mol. The van der Waals surface area contributed by atoms with Gasteiger partial charge in [-0.05, 0) is 36.4 Å². The van der Waals surface area contributed by atoms with Gasteiger partial charge in [0, 0.05) is 10.7 Å². The third-order valence-electron chi connectivity index (χ3n) is 2.46. The summed E-state index contributed by atoms with van der Waals surface area (Å²) in [5, 5.41) is 0.542. The molecule has 0 aliphatic rings. The van der Waals surface area contributed by atoms with Crippen LogP contribution in [0.5, 0.6) is 5.75 Å². The first kappa shape index (κ1) is 13.7. The van der Waals surface area contributed by atoms with E-state index in [2.05, 4.69) is 4.72 Å². The minimum absolute atomic E-state index is 0.0902. The number of rotatable bonds is 4. The van der Waals surface area contributed by atoms with E-state index >= 15 is 0 Å². The number of benzene rings is 2. The van der Waals surface area contributed by atoms with Gasteiger partial charge in [0.05, 0.1) is 7.11 Å². The zero-order valence-electron chi connectivity index (χ0n) is 10.1. The third kappa shape index (κ3) is 3.19. The van der Waals surface area contributed by atoms with Gasteiger partial charge >= 0.3 is 0 Å². The molecule has 0 fully saturated rings. The molecule has 100 valence electrons. The highest BCUT2D eigenvalue weighted by Gasteiger charge is 2.18. The molecule has 0 heterocycles. The fraction of sp³-hybridized carbons (Fsp3) is 0.0769. The smallest absolute Gasteiger partial charge is 0.265 e. The fourth-order valence-corrected chi connectivity index (χ4v) is 2.93. The van der Waals surface area contributed by atoms with Crippen molar-refractivity contribution in [1.82, 2.24) is 0 Å². The van der Waals surface area contributed by atoms with Crippen molar-refractivity contribution < 1.29 is 13.2 Å². The summed E-state index contributed by atoms with van der Waals surface area (Å²) < 4.78 is 32.0. The number of sulfonamides is 1. The molecule has 0 unspecified atom stereocenters. The van der Waals surface area contributed by atoms with Crippen LogP contribution in [0.2, 0.25) is 5.02 Å². The first-order valence-corrected chi connectivity index (χ1v) is 7.30. The number of hydrogen-bond acceptors (Lipinski definition) is 3. The van der Waals surface area contributed by atoms with Crippen molar-refractivity contribution in [3.8, 4) is 5.75 Å². The number of anilines is 1.